The van der Waals surface area contributed by atoms with Gasteiger partial charge in [0.2, 0.25) is 5.91 Å². The molecule has 0 bridgehead atoms. The zero-order valence-electron chi connectivity index (χ0n) is 9.60. The molecule has 17 heavy (non-hydrogen) atoms. The van der Waals surface area contributed by atoms with E-state index in [4.69, 9.17) is 5.73 Å². The Morgan fingerprint density at radius 1 is 1.65 bits per heavy atom. The summed E-state index contributed by atoms with van der Waals surface area (Å²) < 4.78 is 1.66. The Bertz CT molecular complexity index is 545. The third-order valence-corrected chi connectivity index (χ3v) is 2.92. The van der Waals surface area contributed by atoms with Crippen LogP contribution >= 0.6 is 11.3 Å². The van der Waals surface area contributed by atoms with Gasteiger partial charge in [-0.25, -0.2) is 4.98 Å². The van der Waals surface area contributed by atoms with E-state index in [9.17, 15) is 4.79 Å². The van der Waals surface area contributed by atoms with Crippen LogP contribution < -0.4 is 11.1 Å². The van der Waals surface area contributed by atoms with Crippen LogP contribution in [0.1, 0.15) is 11.4 Å². The van der Waals surface area contributed by atoms with Crippen molar-refractivity contribution in [3.63, 3.8) is 0 Å². The molecule has 0 aliphatic heterocycles. The van der Waals surface area contributed by atoms with Crippen LogP contribution in [0.25, 0.3) is 0 Å². The maximum Gasteiger partial charge on any atom is 0.230 e. The van der Waals surface area contributed by atoms with Gasteiger partial charge in [-0.05, 0) is 6.92 Å². The summed E-state index contributed by atoms with van der Waals surface area (Å²) in [4.78, 5) is 15.8. The fourth-order valence-electron chi connectivity index (χ4n) is 1.49. The van der Waals surface area contributed by atoms with Crippen molar-refractivity contribution < 1.29 is 4.79 Å². The lowest BCUT2D eigenvalue weighted by molar-refractivity contribution is -0.115. The Balaban J connectivity index is 2.00. The predicted octanol–water partition coefficient (Wildman–Crippen LogP) is 0.948. The molecule has 0 aliphatic rings. The van der Waals surface area contributed by atoms with Gasteiger partial charge in [0, 0.05) is 18.6 Å². The highest BCUT2D eigenvalue weighted by molar-refractivity contribution is 7.13. The van der Waals surface area contributed by atoms with Gasteiger partial charge in [0.15, 0.2) is 5.13 Å². The van der Waals surface area contributed by atoms with E-state index in [0.717, 1.165) is 11.4 Å². The largest absolute Gasteiger partial charge is 0.375 e. The summed E-state index contributed by atoms with van der Waals surface area (Å²) in [5.74, 6) is -0.119. The number of rotatable bonds is 3. The van der Waals surface area contributed by atoms with Gasteiger partial charge in [0.05, 0.1) is 23.5 Å². The number of thiazole rings is 1. The Kier molecular flexibility index (Phi) is 3.10. The first-order valence-electron chi connectivity index (χ1n) is 5.04. The van der Waals surface area contributed by atoms with Gasteiger partial charge in [-0.1, -0.05) is 0 Å². The highest BCUT2D eigenvalue weighted by Crippen LogP contribution is 2.14. The number of nitrogens with one attached hydrogen (secondary N) is 1. The molecule has 90 valence electrons. The zero-order valence-corrected chi connectivity index (χ0v) is 10.4. The minimum absolute atomic E-state index is 0.119. The monoisotopic (exact) mass is 251 g/mol. The van der Waals surface area contributed by atoms with Crippen molar-refractivity contribution in [2.45, 2.75) is 13.3 Å². The van der Waals surface area contributed by atoms with Crippen LogP contribution in [-0.2, 0) is 18.3 Å². The van der Waals surface area contributed by atoms with E-state index in [1.165, 1.54) is 11.3 Å². The first-order chi connectivity index (χ1) is 8.04. The van der Waals surface area contributed by atoms with Crippen LogP contribution in [0, 0.1) is 6.92 Å². The molecular formula is C10H13N5OS. The Labute approximate surface area is 102 Å². The fourth-order valence-corrected chi connectivity index (χ4v) is 2.05. The maximum atomic E-state index is 11.7. The molecule has 2 rings (SSSR count). The van der Waals surface area contributed by atoms with E-state index in [0.29, 0.717) is 10.8 Å². The molecule has 2 aromatic heterocycles. The second-order valence-corrected chi connectivity index (χ2v) is 4.59. The second kappa shape index (κ2) is 4.54. The summed E-state index contributed by atoms with van der Waals surface area (Å²) in [5.41, 5.74) is 7.70. The van der Waals surface area contributed by atoms with Crippen molar-refractivity contribution >= 4 is 28.1 Å². The van der Waals surface area contributed by atoms with Gasteiger partial charge >= 0.3 is 0 Å². The standard InChI is InChI=1S/C10H13N5OS/c1-6-8(4-15(2)14-6)13-9(16)3-7-5-17-10(11)12-7/h4-5H,3H2,1-2H3,(H2,11,12)(H,13,16). The smallest absolute Gasteiger partial charge is 0.230 e. The number of nitrogens with two attached hydrogens (primary N) is 1. The Morgan fingerprint density at radius 3 is 2.94 bits per heavy atom. The first-order valence-corrected chi connectivity index (χ1v) is 5.92. The van der Waals surface area contributed by atoms with E-state index >= 15 is 0 Å². The van der Waals surface area contributed by atoms with Crippen molar-refractivity contribution in [1.29, 1.82) is 0 Å². The van der Waals surface area contributed by atoms with Crippen molar-refractivity contribution in [3.05, 3.63) is 23.0 Å². The van der Waals surface area contributed by atoms with Crippen LogP contribution in [-0.4, -0.2) is 20.7 Å². The van der Waals surface area contributed by atoms with Gasteiger partial charge in [0.1, 0.15) is 0 Å². The van der Waals surface area contributed by atoms with E-state index in [1.807, 2.05) is 14.0 Å². The third kappa shape index (κ3) is 2.82. The number of hydrogen-bond acceptors (Lipinski definition) is 5. The van der Waals surface area contributed by atoms with Gasteiger partial charge in [-0.15, -0.1) is 11.3 Å². The summed E-state index contributed by atoms with van der Waals surface area (Å²) >= 11 is 1.33. The van der Waals surface area contributed by atoms with Gasteiger partial charge < -0.3 is 11.1 Å². The Morgan fingerprint density at radius 2 is 2.41 bits per heavy atom. The lowest BCUT2D eigenvalue weighted by Crippen LogP contribution is -2.14. The number of amides is 1. The van der Waals surface area contributed by atoms with Crippen molar-refractivity contribution in [2.24, 2.45) is 7.05 Å². The third-order valence-electron chi connectivity index (χ3n) is 2.20. The van der Waals surface area contributed by atoms with Crippen LogP contribution in [0.5, 0.6) is 0 Å². The zero-order chi connectivity index (χ0) is 12.4. The maximum absolute atomic E-state index is 11.7. The van der Waals surface area contributed by atoms with Crippen molar-refractivity contribution in [1.82, 2.24) is 14.8 Å². The predicted molar refractivity (Wildman–Crippen MR) is 66.8 cm³/mol. The summed E-state index contributed by atoms with van der Waals surface area (Å²) in [7, 11) is 1.81. The van der Waals surface area contributed by atoms with E-state index in [-0.39, 0.29) is 12.3 Å². The molecular weight excluding hydrogens is 238 g/mol. The lowest BCUT2D eigenvalue weighted by Gasteiger charge is -2.01. The summed E-state index contributed by atoms with van der Waals surface area (Å²) in [6.45, 7) is 1.84. The SMILES string of the molecule is Cc1nn(C)cc1NC(=O)Cc1csc(N)n1. The quantitative estimate of drug-likeness (QED) is 0.850. The molecule has 0 saturated heterocycles. The highest BCUT2D eigenvalue weighted by Gasteiger charge is 2.10. The minimum atomic E-state index is -0.119. The van der Waals surface area contributed by atoms with Gasteiger partial charge in [-0.2, -0.15) is 5.10 Å². The van der Waals surface area contributed by atoms with Crippen LogP contribution in [0.3, 0.4) is 0 Å². The van der Waals surface area contributed by atoms with Gasteiger partial charge in [0.25, 0.3) is 0 Å². The molecule has 0 unspecified atom stereocenters. The van der Waals surface area contributed by atoms with Crippen molar-refractivity contribution in [3.8, 4) is 0 Å². The number of aromatic nitrogens is 3. The fraction of sp³-hybridized carbons (Fsp3) is 0.300. The van der Waals surface area contributed by atoms with Crippen LogP contribution in [0.15, 0.2) is 11.6 Å². The molecule has 0 saturated carbocycles. The van der Waals surface area contributed by atoms with E-state index in [2.05, 4.69) is 15.4 Å². The molecule has 0 atom stereocenters. The number of nitrogens with zero attached hydrogens (tertiary/aromatic N) is 3. The van der Waals surface area contributed by atoms with E-state index in [1.54, 1.807) is 16.3 Å². The Hall–Kier alpha value is -1.89. The molecule has 3 N–H and O–H groups in total. The van der Waals surface area contributed by atoms with Crippen LogP contribution in [0.4, 0.5) is 10.8 Å². The van der Waals surface area contributed by atoms with E-state index < -0.39 is 0 Å². The molecule has 2 heterocycles. The molecule has 2 aromatic rings. The number of carbonyl (C=O) groups excluding carboxylic acids is 1. The lowest BCUT2D eigenvalue weighted by atomic mass is 10.3. The minimum Gasteiger partial charge on any atom is -0.375 e. The average Bonchev–Trinajstić information content (AvgIpc) is 2.74. The molecule has 0 radical (unpaired) electrons. The summed E-state index contributed by atoms with van der Waals surface area (Å²) in [6, 6.07) is 0. The number of hydrogen-bond donors (Lipinski definition) is 2. The van der Waals surface area contributed by atoms with Gasteiger partial charge in [-0.3, -0.25) is 9.48 Å². The molecule has 0 spiro atoms. The molecule has 7 heteroatoms. The normalized spacial score (nSPS) is 10.5. The average molecular weight is 251 g/mol. The number of anilines is 2. The van der Waals surface area contributed by atoms with Crippen molar-refractivity contribution in [2.75, 3.05) is 11.1 Å². The molecule has 0 fully saturated rings. The topological polar surface area (TPSA) is 85.8 Å². The molecule has 1 amide bonds. The molecule has 6 nitrogen and oxygen atoms in total. The summed E-state index contributed by atoms with van der Waals surface area (Å²) in [6.07, 6.45) is 1.99. The van der Waals surface area contributed by atoms with Crippen LogP contribution in [0.2, 0.25) is 0 Å². The second-order valence-electron chi connectivity index (χ2n) is 3.70. The molecule has 0 aliphatic carbocycles. The highest BCUT2D eigenvalue weighted by atomic mass is 32.1. The molecule has 0 aromatic carbocycles. The number of nitrogen functional groups attached to an aromatic ring is 1. The number of aryl methyl sites for hydroxylation is 2. The first kappa shape index (κ1) is 11.6. The summed E-state index contributed by atoms with van der Waals surface area (Å²) in [5, 5.41) is 9.19. The number of carbonyl (C=O) groups is 1.